The van der Waals surface area contributed by atoms with Crippen LogP contribution in [0.25, 0.3) is 0 Å². The minimum Gasteiger partial charge on any atom is -0.478 e. The van der Waals surface area contributed by atoms with Crippen LogP contribution in [-0.2, 0) is 0 Å². The molecule has 4 rings (SSSR count). The maximum atomic E-state index is 12.4. The minimum atomic E-state index is -0.995. The van der Waals surface area contributed by atoms with E-state index in [0.29, 0.717) is 11.1 Å². The fourth-order valence-electron chi connectivity index (χ4n) is 2.16. The quantitative estimate of drug-likeness (QED) is 0.697. The van der Waals surface area contributed by atoms with Crippen molar-refractivity contribution >= 4 is 27.7 Å². The van der Waals surface area contributed by atoms with E-state index in [9.17, 15) is 9.59 Å². The van der Waals surface area contributed by atoms with Crippen LogP contribution in [0.3, 0.4) is 0 Å². The summed E-state index contributed by atoms with van der Waals surface area (Å²) in [5, 5.41) is 8.83. The molecule has 3 nitrogen and oxygen atoms in total. The van der Waals surface area contributed by atoms with Crippen molar-refractivity contribution in [3.8, 4) is 0 Å². The molecule has 0 aromatic heterocycles. The molecule has 94 valence electrons. The monoisotopic (exact) mass is 316 g/mol. The van der Waals surface area contributed by atoms with Gasteiger partial charge in [0.05, 0.1) is 10.4 Å². The van der Waals surface area contributed by atoms with Gasteiger partial charge < -0.3 is 5.11 Å². The van der Waals surface area contributed by atoms with Crippen molar-refractivity contribution in [3.63, 3.8) is 0 Å². The van der Waals surface area contributed by atoms with Crippen molar-refractivity contribution in [1.29, 1.82) is 0 Å². The number of carbonyl (C=O) groups is 2. The molecule has 2 aliphatic carbocycles. The second-order valence-electron chi connectivity index (χ2n) is 4.42. The van der Waals surface area contributed by atoms with Gasteiger partial charge >= 0.3 is 5.97 Å². The largest absolute Gasteiger partial charge is 0.478 e. The van der Waals surface area contributed by atoms with Gasteiger partial charge in [0, 0.05) is 11.1 Å². The van der Waals surface area contributed by atoms with Gasteiger partial charge in [0.25, 0.3) is 0 Å². The van der Waals surface area contributed by atoms with Gasteiger partial charge in [0.15, 0.2) is 5.78 Å². The summed E-state index contributed by atoms with van der Waals surface area (Å²) >= 11 is 3.51. The zero-order chi connectivity index (χ0) is 13.6. The average Bonchev–Trinajstić information content (AvgIpc) is 2.45. The van der Waals surface area contributed by atoms with Gasteiger partial charge in [-0.25, -0.2) is 4.79 Å². The number of hydrogen-bond acceptors (Lipinski definition) is 2. The summed E-state index contributed by atoms with van der Waals surface area (Å²) in [4.78, 5) is 23.3. The number of carboxylic acid groups (broad SMARTS) is 1. The van der Waals surface area contributed by atoms with E-state index in [2.05, 4.69) is 15.9 Å². The SMILES string of the molecule is O=C(O)c1ccc(C(=O)c2ccc3cc2C3Br)cc1. The van der Waals surface area contributed by atoms with Crippen molar-refractivity contribution < 1.29 is 14.7 Å². The molecule has 1 atom stereocenters. The Morgan fingerprint density at radius 2 is 1.63 bits per heavy atom. The van der Waals surface area contributed by atoms with E-state index in [1.807, 2.05) is 18.2 Å². The van der Waals surface area contributed by atoms with Gasteiger partial charge in [0.2, 0.25) is 0 Å². The van der Waals surface area contributed by atoms with Crippen LogP contribution in [0.5, 0.6) is 0 Å². The highest BCUT2D eigenvalue weighted by atomic mass is 79.9. The molecule has 2 aromatic carbocycles. The summed E-state index contributed by atoms with van der Waals surface area (Å²) in [6.45, 7) is 0. The number of rotatable bonds is 3. The Bertz CT molecular complexity index is 685. The van der Waals surface area contributed by atoms with E-state index >= 15 is 0 Å². The topological polar surface area (TPSA) is 54.4 Å². The Balaban J connectivity index is 1.95. The third-order valence-electron chi connectivity index (χ3n) is 3.28. The van der Waals surface area contributed by atoms with Gasteiger partial charge in [-0.2, -0.15) is 0 Å². The second kappa shape index (κ2) is 4.31. The Morgan fingerprint density at radius 3 is 2.16 bits per heavy atom. The van der Waals surface area contributed by atoms with Crippen molar-refractivity contribution in [2.75, 3.05) is 0 Å². The Labute approximate surface area is 118 Å². The first-order chi connectivity index (χ1) is 9.08. The van der Waals surface area contributed by atoms with Crippen LogP contribution in [0.1, 0.15) is 42.2 Å². The number of hydrogen-bond donors (Lipinski definition) is 1. The highest BCUT2D eigenvalue weighted by Crippen LogP contribution is 2.42. The maximum Gasteiger partial charge on any atom is 0.335 e. The summed E-state index contributed by atoms with van der Waals surface area (Å²) in [5.74, 6) is -1.08. The lowest BCUT2D eigenvalue weighted by molar-refractivity contribution is 0.0696. The van der Waals surface area contributed by atoms with Crippen LogP contribution in [0, 0.1) is 0 Å². The lowest BCUT2D eigenvalue weighted by Gasteiger charge is -2.25. The predicted octanol–water partition coefficient (Wildman–Crippen LogP) is 3.41. The molecule has 1 N–H and O–H groups in total. The number of fused-ring (bicyclic) bond motifs is 2. The molecule has 2 aliphatic rings. The molecule has 0 aliphatic heterocycles. The van der Waals surface area contributed by atoms with E-state index in [1.54, 1.807) is 12.1 Å². The molecule has 0 radical (unpaired) electrons. The third-order valence-corrected chi connectivity index (χ3v) is 4.30. The molecule has 4 heteroatoms. The molecule has 19 heavy (non-hydrogen) atoms. The number of alkyl halides is 1. The van der Waals surface area contributed by atoms with Gasteiger partial charge in [-0.15, -0.1) is 0 Å². The van der Waals surface area contributed by atoms with Crippen molar-refractivity contribution in [1.82, 2.24) is 0 Å². The van der Waals surface area contributed by atoms with Crippen LogP contribution in [-0.4, -0.2) is 16.9 Å². The molecule has 0 spiro atoms. The number of aromatic carboxylic acids is 1. The Kier molecular flexibility index (Phi) is 2.75. The molecule has 2 aromatic rings. The predicted molar refractivity (Wildman–Crippen MR) is 74.0 cm³/mol. The first kappa shape index (κ1) is 12.1. The fourth-order valence-corrected chi connectivity index (χ4v) is 2.82. The zero-order valence-corrected chi connectivity index (χ0v) is 11.3. The van der Waals surface area contributed by atoms with Gasteiger partial charge in [-0.1, -0.05) is 46.3 Å². The first-order valence-electron chi connectivity index (χ1n) is 5.74. The fraction of sp³-hybridized carbons (Fsp3) is 0.0667. The molecule has 1 unspecified atom stereocenters. The number of carboxylic acids is 1. The number of ketones is 1. The normalized spacial score (nSPS) is 15.7. The highest BCUT2D eigenvalue weighted by Gasteiger charge is 2.27. The molecule has 0 fully saturated rings. The van der Waals surface area contributed by atoms with E-state index in [4.69, 9.17) is 5.11 Å². The van der Waals surface area contributed by atoms with Crippen molar-refractivity contribution in [2.24, 2.45) is 0 Å². The van der Waals surface area contributed by atoms with Crippen LogP contribution < -0.4 is 0 Å². The lowest BCUT2D eigenvalue weighted by atomic mass is 9.85. The van der Waals surface area contributed by atoms with Crippen LogP contribution >= 0.6 is 15.9 Å². The molecule has 0 heterocycles. The minimum absolute atomic E-state index is 0.0809. The van der Waals surface area contributed by atoms with Crippen LogP contribution in [0.2, 0.25) is 0 Å². The number of carbonyl (C=O) groups excluding carboxylic acids is 1. The standard InChI is InChI=1S/C15H9BrO3/c16-13-10-5-6-11(12(13)7-10)14(17)8-1-3-9(4-2-8)15(18)19/h1-7,13H,(H,18,19). The van der Waals surface area contributed by atoms with E-state index in [0.717, 1.165) is 5.56 Å². The van der Waals surface area contributed by atoms with Crippen molar-refractivity contribution in [3.05, 3.63) is 70.3 Å². The van der Waals surface area contributed by atoms with Crippen molar-refractivity contribution in [2.45, 2.75) is 4.83 Å². The summed E-state index contributed by atoms with van der Waals surface area (Å²) in [6.07, 6.45) is 0. The smallest absolute Gasteiger partial charge is 0.335 e. The maximum absolute atomic E-state index is 12.4. The van der Waals surface area contributed by atoms with Crippen LogP contribution in [0.4, 0.5) is 0 Å². The molecule has 2 bridgehead atoms. The van der Waals surface area contributed by atoms with Gasteiger partial charge in [-0.3, -0.25) is 4.79 Å². The lowest BCUT2D eigenvalue weighted by Crippen LogP contribution is -2.14. The Hall–Kier alpha value is -1.94. The number of halogens is 1. The summed E-state index contributed by atoms with van der Waals surface area (Å²) < 4.78 is 0. The molecular weight excluding hydrogens is 308 g/mol. The van der Waals surface area contributed by atoms with Gasteiger partial charge in [-0.05, 0) is 23.3 Å². The third kappa shape index (κ3) is 1.88. The highest BCUT2D eigenvalue weighted by molar-refractivity contribution is 9.09. The Morgan fingerprint density at radius 1 is 1.00 bits per heavy atom. The molecule has 0 saturated carbocycles. The second-order valence-corrected chi connectivity index (χ2v) is 5.34. The number of benzene rings is 2. The molecular formula is C15H9BrO3. The van der Waals surface area contributed by atoms with E-state index in [1.165, 1.54) is 17.7 Å². The average molecular weight is 317 g/mol. The first-order valence-corrected chi connectivity index (χ1v) is 6.65. The zero-order valence-electron chi connectivity index (χ0n) is 9.76. The summed E-state index contributed by atoms with van der Waals surface area (Å²) in [6, 6.07) is 11.7. The summed E-state index contributed by atoms with van der Waals surface area (Å²) in [5.41, 5.74) is 3.51. The molecule has 0 amide bonds. The van der Waals surface area contributed by atoms with Gasteiger partial charge in [0.1, 0.15) is 0 Å². The van der Waals surface area contributed by atoms with E-state index < -0.39 is 5.97 Å². The van der Waals surface area contributed by atoms with E-state index in [-0.39, 0.29) is 16.2 Å². The molecule has 0 saturated heterocycles. The summed E-state index contributed by atoms with van der Waals surface area (Å²) in [7, 11) is 0. The van der Waals surface area contributed by atoms with Crippen LogP contribution in [0.15, 0.2) is 42.5 Å².